The van der Waals surface area contributed by atoms with Crippen molar-refractivity contribution in [3.63, 3.8) is 0 Å². The van der Waals surface area contributed by atoms with Gasteiger partial charge in [0.2, 0.25) is 0 Å². The first-order valence-electron chi connectivity index (χ1n) is 5.03. The standard InChI is InChI=1S/C12H16OS/c13-10-6-5-8-11-7-3-1-2-4-9-12(11)14/h2,4,7,9-10,14H,1,3,5-6,8H2/b4-2-,11-7?,12-9+. The Bertz CT molecular complexity index is 274. The van der Waals surface area contributed by atoms with Crippen molar-refractivity contribution in [2.45, 2.75) is 32.1 Å². The molecule has 14 heavy (non-hydrogen) atoms. The lowest BCUT2D eigenvalue weighted by Crippen LogP contribution is -1.88. The maximum absolute atomic E-state index is 10.2. The monoisotopic (exact) mass is 208 g/mol. The highest BCUT2D eigenvalue weighted by molar-refractivity contribution is 7.84. The molecule has 1 aliphatic carbocycles. The SMILES string of the molecule is O=CCCCC1=CCC/C=C\C=C/1S. The third kappa shape index (κ3) is 3.97. The van der Waals surface area contributed by atoms with Crippen LogP contribution in [0.2, 0.25) is 0 Å². The Morgan fingerprint density at radius 1 is 1.43 bits per heavy atom. The van der Waals surface area contributed by atoms with Gasteiger partial charge in [-0.05, 0) is 37.3 Å². The third-order valence-electron chi connectivity index (χ3n) is 2.21. The predicted molar refractivity (Wildman–Crippen MR) is 63.4 cm³/mol. The van der Waals surface area contributed by atoms with Gasteiger partial charge >= 0.3 is 0 Å². The first-order chi connectivity index (χ1) is 6.84. The van der Waals surface area contributed by atoms with Crippen LogP contribution >= 0.6 is 12.6 Å². The van der Waals surface area contributed by atoms with Crippen LogP contribution in [-0.4, -0.2) is 6.29 Å². The van der Waals surface area contributed by atoms with Crippen LogP contribution < -0.4 is 0 Å². The van der Waals surface area contributed by atoms with Gasteiger partial charge in [0.25, 0.3) is 0 Å². The van der Waals surface area contributed by atoms with Crippen molar-refractivity contribution in [1.29, 1.82) is 0 Å². The number of allylic oxidation sites excluding steroid dienone is 5. The van der Waals surface area contributed by atoms with E-state index in [1.54, 1.807) is 0 Å². The van der Waals surface area contributed by atoms with E-state index in [4.69, 9.17) is 0 Å². The van der Waals surface area contributed by atoms with Gasteiger partial charge in [-0.15, -0.1) is 12.6 Å². The number of aldehydes is 1. The summed E-state index contributed by atoms with van der Waals surface area (Å²) in [6, 6.07) is 0. The molecule has 1 nitrogen and oxygen atoms in total. The molecule has 0 saturated heterocycles. The van der Waals surface area contributed by atoms with E-state index in [0.29, 0.717) is 6.42 Å². The zero-order valence-corrected chi connectivity index (χ0v) is 9.17. The van der Waals surface area contributed by atoms with E-state index >= 15 is 0 Å². The summed E-state index contributed by atoms with van der Waals surface area (Å²) in [7, 11) is 0. The van der Waals surface area contributed by atoms with Crippen LogP contribution in [0.3, 0.4) is 0 Å². The summed E-state index contributed by atoms with van der Waals surface area (Å²) >= 11 is 4.43. The van der Waals surface area contributed by atoms with E-state index in [1.165, 1.54) is 5.57 Å². The summed E-state index contributed by atoms with van der Waals surface area (Å²) in [5.41, 5.74) is 1.28. The van der Waals surface area contributed by atoms with Crippen molar-refractivity contribution >= 4 is 18.9 Å². The van der Waals surface area contributed by atoms with E-state index in [2.05, 4.69) is 30.9 Å². The van der Waals surface area contributed by atoms with Gasteiger partial charge in [0.15, 0.2) is 0 Å². The molecule has 1 aliphatic rings. The average molecular weight is 208 g/mol. The fourth-order valence-electron chi connectivity index (χ4n) is 1.43. The molecule has 0 spiro atoms. The Morgan fingerprint density at radius 2 is 2.29 bits per heavy atom. The molecule has 0 aromatic heterocycles. The topological polar surface area (TPSA) is 17.1 Å². The highest BCUT2D eigenvalue weighted by atomic mass is 32.1. The molecule has 0 unspecified atom stereocenters. The largest absolute Gasteiger partial charge is 0.303 e. The van der Waals surface area contributed by atoms with Crippen molar-refractivity contribution in [2.24, 2.45) is 0 Å². The molecule has 0 aromatic rings. The second kappa shape index (κ2) is 6.66. The van der Waals surface area contributed by atoms with Crippen molar-refractivity contribution in [3.05, 3.63) is 34.8 Å². The van der Waals surface area contributed by atoms with Gasteiger partial charge < -0.3 is 4.79 Å². The summed E-state index contributed by atoms with van der Waals surface area (Å²) < 4.78 is 0. The Balaban J connectivity index is 2.54. The van der Waals surface area contributed by atoms with Gasteiger partial charge in [0, 0.05) is 11.3 Å². The molecule has 0 fully saturated rings. The summed E-state index contributed by atoms with van der Waals surface area (Å²) in [5.74, 6) is 0. The maximum Gasteiger partial charge on any atom is 0.120 e. The minimum Gasteiger partial charge on any atom is -0.303 e. The van der Waals surface area contributed by atoms with Crippen molar-refractivity contribution < 1.29 is 4.79 Å². The number of carbonyl (C=O) groups is 1. The summed E-state index contributed by atoms with van der Waals surface area (Å²) in [6.45, 7) is 0. The number of hydrogen-bond donors (Lipinski definition) is 1. The van der Waals surface area contributed by atoms with Crippen LogP contribution in [-0.2, 0) is 4.79 Å². The van der Waals surface area contributed by atoms with Gasteiger partial charge in [-0.25, -0.2) is 0 Å². The number of thiol groups is 1. The Morgan fingerprint density at radius 3 is 3.07 bits per heavy atom. The zero-order chi connectivity index (χ0) is 10.2. The molecular weight excluding hydrogens is 192 g/mol. The molecule has 0 N–H and O–H groups in total. The van der Waals surface area contributed by atoms with Crippen LogP contribution in [0.1, 0.15) is 32.1 Å². The normalized spacial score (nSPS) is 22.6. The molecule has 0 heterocycles. The third-order valence-corrected chi connectivity index (χ3v) is 2.65. The Hall–Kier alpha value is -0.760. The van der Waals surface area contributed by atoms with Crippen molar-refractivity contribution in [2.75, 3.05) is 0 Å². The molecule has 0 aliphatic heterocycles. The van der Waals surface area contributed by atoms with E-state index in [0.717, 1.165) is 36.9 Å². The number of unbranched alkanes of at least 4 members (excludes halogenated alkanes) is 1. The van der Waals surface area contributed by atoms with E-state index < -0.39 is 0 Å². The number of rotatable bonds is 4. The summed E-state index contributed by atoms with van der Waals surface area (Å²) in [5, 5.41) is 0. The molecule has 0 bridgehead atoms. The van der Waals surface area contributed by atoms with Gasteiger partial charge in [0.05, 0.1) is 0 Å². The first-order valence-corrected chi connectivity index (χ1v) is 5.48. The molecule has 0 atom stereocenters. The minimum absolute atomic E-state index is 0.647. The number of carbonyl (C=O) groups excluding carboxylic acids is 1. The Labute approximate surface area is 91.0 Å². The van der Waals surface area contributed by atoms with Gasteiger partial charge in [-0.3, -0.25) is 0 Å². The van der Waals surface area contributed by atoms with Crippen LogP contribution in [0.5, 0.6) is 0 Å². The second-order valence-corrected chi connectivity index (χ2v) is 3.83. The molecule has 0 aromatic carbocycles. The van der Waals surface area contributed by atoms with Crippen molar-refractivity contribution in [1.82, 2.24) is 0 Å². The molecule has 0 radical (unpaired) electrons. The summed E-state index contributed by atoms with van der Waals surface area (Å²) in [4.78, 5) is 11.2. The summed E-state index contributed by atoms with van der Waals surface area (Å²) in [6.07, 6.45) is 14.1. The molecule has 1 rings (SSSR count). The zero-order valence-electron chi connectivity index (χ0n) is 8.28. The molecule has 0 saturated carbocycles. The van der Waals surface area contributed by atoms with Gasteiger partial charge in [-0.2, -0.15) is 0 Å². The van der Waals surface area contributed by atoms with Crippen LogP contribution in [0.15, 0.2) is 34.8 Å². The molecule has 76 valence electrons. The molecular formula is C12H16OS. The van der Waals surface area contributed by atoms with Gasteiger partial charge in [-0.1, -0.05) is 18.2 Å². The second-order valence-electron chi connectivity index (χ2n) is 3.35. The average Bonchev–Trinajstić information content (AvgIpc) is 2.17. The quantitative estimate of drug-likeness (QED) is 0.425. The maximum atomic E-state index is 10.2. The molecule has 2 heteroatoms. The van der Waals surface area contributed by atoms with Crippen LogP contribution in [0, 0.1) is 0 Å². The predicted octanol–water partition coefficient (Wildman–Crippen LogP) is 3.45. The lowest BCUT2D eigenvalue weighted by atomic mass is 10.0. The smallest absolute Gasteiger partial charge is 0.120 e. The highest BCUT2D eigenvalue weighted by Gasteiger charge is 2.01. The fourth-order valence-corrected chi connectivity index (χ4v) is 1.72. The fraction of sp³-hybridized carbons (Fsp3) is 0.417. The lowest BCUT2D eigenvalue weighted by molar-refractivity contribution is -0.107. The number of hydrogen-bond acceptors (Lipinski definition) is 2. The van der Waals surface area contributed by atoms with Crippen molar-refractivity contribution in [3.8, 4) is 0 Å². The minimum atomic E-state index is 0.647. The molecule has 0 amide bonds. The van der Waals surface area contributed by atoms with Gasteiger partial charge in [0.1, 0.15) is 6.29 Å². The van der Waals surface area contributed by atoms with Crippen LogP contribution in [0.4, 0.5) is 0 Å². The highest BCUT2D eigenvalue weighted by Crippen LogP contribution is 2.22. The van der Waals surface area contributed by atoms with E-state index in [1.807, 2.05) is 6.08 Å². The van der Waals surface area contributed by atoms with E-state index in [-0.39, 0.29) is 0 Å². The Kier molecular flexibility index (Phi) is 5.38. The van der Waals surface area contributed by atoms with E-state index in [9.17, 15) is 4.79 Å². The lowest BCUT2D eigenvalue weighted by Gasteiger charge is -2.07. The van der Waals surface area contributed by atoms with Crippen LogP contribution in [0.25, 0.3) is 0 Å². The first kappa shape index (κ1) is 11.3.